The van der Waals surface area contributed by atoms with Crippen LogP contribution in [0, 0.1) is 11.7 Å². The molecule has 0 aromatic heterocycles. The summed E-state index contributed by atoms with van der Waals surface area (Å²) in [5.74, 6) is -0.194. The first kappa shape index (κ1) is 17.2. The number of hydrogen-bond donors (Lipinski definition) is 3. The summed E-state index contributed by atoms with van der Waals surface area (Å²) in [4.78, 5) is 23.8. The van der Waals surface area contributed by atoms with E-state index in [1.165, 1.54) is 12.1 Å². The summed E-state index contributed by atoms with van der Waals surface area (Å²) in [6.07, 6.45) is 2.13. The summed E-state index contributed by atoms with van der Waals surface area (Å²) in [6, 6.07) is 5.37. The van der Waals surface area contributed by atoms with E-state index in [2.05, 4.69) is 16.0 Å². The Labute approximate surface area is 136 Å². The van der Waals surface area contributed by atoms with Crippen LogP contribution in [0.4, 0.5) is 9.18 Å². The fourth-order valence-electron chi connectivity index (χ4n) is 2.61. The van der Waals surface area contributed by atoms with Crippen LogP contribution in [0.2, 0.25) is 0 Å². The van der Waals surface area contributed by atoms with Crippen LogP contribution >= 0.6 is 0 Å². The van der Waals surface area contributed by atoms with Gasteiger partial charge in [0.2, 0.25) is 5.91 Å². The molecule has 2 rings (SSSR count). The van der Waals surface area contributed by atoms with Gasteiger partial charge in [0.25, 0.3) is 0 Å². The predicted molar refractivity (Wildman–Crippen MR) is 86.4 cm³/mol. The van der Waals surface area contributed by atoms with Crippen molar-refractivity contribution >= 4 is 11.9 Å². The van der Waals surface area contributed by atoms with Crippen LogP contribution < -0.4 is 16.0 Å². The molecule has 1 fully saturated rings. The fourth-order valence-corrected chi connectivity index (χ4v) is 2.61. The molecule has 0 saturated carbocycles. The van der Waals surface area contributed by atoms with Crippen LogP contribution in [0.1, 0.15) is 32.3 Å². The molecule has 5 nitrogen and oxygen atoms in total. The van der Waals surface area contributed by atoms with E-state index in [1.807, 2.05) is 13.8 Å². The number of halogens is 1. The summed E-state index contributed by atoms with van der Waals surface area (Å²) in [5.41, 5.74) is 0.959. The highest BCUT2D eigenvalue weighted by Crippen LogP contribution is 2.12. The molecule has 23 heavy (non-hydrogen) atoms. The number of rotatable bonds is 5. The van der Waals surface area contributed by atoms with E-state index in [4.69, 9.17) is 0 Å². The van der Waals surface area contributed by atoms with Gasteiger partial charge in [-0.3, -0.25) is 4.79 Å². The van der Waals surface area contributed by atoms with Gasteiger partial charge in [-0.15, -0.1) is 0 Å². The van der Waals surface area contributed by atoms with Gasteiger partial charge < -0.3 is 16.0 Å². The van der Waals surface area contributed by atoms with Gasteiger partial charge in [0.1, 0.15) is 11.9 Å². The minimum atomic E-state index is -0.470. The molecule has 0 spiro atoms. The molecule has 1 aromatic carbocycles. The van der Waals surface area contributed by atoms with E-state index in [0.29, 0.717) is 19.4 Å². The molecule has 3 amide bonds. The molecular weight excluding hydrogens is 297 g/mol. The average molecular weight is 321 g/mol. The van der Waals surface area contributed by atoms with Gasteiger partial charge in [0.05, 0.1) is 0 Å². The van der Waals surface area contributed by atoms with Gasteiger partial charge in [-0.1, -0.05) is 26.0 Å². The van der Waals surface area contributed by atoms with E-state index >= 15 is 0 Å². The maximum Gasteiger partial charge on any atom is 0.315 e. The van der Waals surface area contributed by atoms with Crippen molar-refractivity contribution < 1.29 is 14.0 Å². The Morgan fingerprint density at radius 2 is 2.04 bits per heavy atom. The molecule has 1 aromatic rings. The number of nitrogens with one attached hydrogen (secondary N) is 3. The molecule has 0 radical (unpaired) electrons. The lowest BCUT2D eigenvalue weighted by atomic mass is 9.96. The van der Waals surface area contributed by atoms with Crippen LogP contribution in [-0.4, -0.2) is 30.6 Å². The van der Waals surface area contributed by atoms with Gasteiger partial charge in [0, 0.05) is 12.6 Å². The quantitative estimate of drug-likeness (QED) is 0.776. The third-order valence-corrected chi connectivity index (χ3v) is 4.08. The maximum atomic E-state index is 13.0. The molecule has 6 heteroatoms. The van der Waals surface area contributed by atoms with E-state index in [0.717, 1.165) is 12.0 Å². The average Bonchev–Trinajstić information content (AvgIpc) is 2.51. The zero-order valence-corrected chi connectivity index (χ0v) is 13.6. The lowest BCUT2D eigenvalue weighted by Gasteiger charge is -2.26. The maximum absolute atomic E-state index is 13.0. The van der Waals surface area contributed by atoms with E-state index in [-0.39, 0.29) is 29.7 Å². The molecule has 0 bridgehead atoms. The summed E-state index contributed by atoms with van der Waals surface area (Å²) in [6.45, 7) is 4.70. The molecule has 0 aliphatic carbocycles. The summed E-state index contributed by atoms with van der Waals surface area (Å²) in [7, 11) is 0. The smallest absolute Gasteiger partial charge is 0.315 e. The van der Waals surface area contributed by atoms with Crippen molar-refractivity contribution in [2.45, 2.75) is 45.2 Å². The zero-order chi connectivity index (χ0) is 16.8. The highest BCUT2D eigenvalue weighted by Gasteiger charge is 2.25. The van der Waals surface area contributed by atoms with Crippen molar-refractivity contribution in [3.8, 4) is 0 Å². The van der Waals surface area contributed by atoms with E-state index < -0.39 is 6.04 Å². The minimum absolute atomic E-state index is 0.0906. The van der Waals surface area contributed by atoms with Gasteiger partial charge in [-0.25, -0.2) is 9.18 Å². The topological polar surface area (TPSA) is 70.2 Å². The van der Waals surface area contributed by atoms with E-state index in [9.17, 15) is 14.0 Å². The highest BCUT2D eigenvalue weighted by atomic mass is 19.1. The Bertz CT molecular complexity index is 545. The molecule has 1 aliphatic heterocycles. The molecule has 1 saturated heterocycles. The van der Waals surface area contributed by atoms with Crippen molar-refractivity contribution in [3.63, 3.8) is 0 Å². The first-order valence-electron chi connectivity index (χ1n) is 8.05. The van der Waals surface area contributed by atoms with Gasteiger partial charge >= 0.3 is 6.03 Å². The molecule has 126 valence electrons. The fraction of sp³-hybridized carbons (Fsp3) is 0.529. The van der Waals surface area contributed by atoms with Crippen molar-refractivity contribution in [1.29, 1.82) is 0 Å². The second-order valence-corrected chi connectivity index (χ2v) is 6.28. The van der Waals surface area contributed by atoms with E-state index in [1.54, 1.807) is 12.1 Å². The number of benzene rings is 1. The minimum Gasteiger partial charge on any atom is -0.354 e. The lowest BCUT2D eigenvalue weighted by Crippen LogP contribution is -2.55. The van der Waals surface area contributed by atoms with Crippen molar-refractivity contribution in [3.05, 3.63) is 35.6 Å². The number of hydrogen-bond acceptors (Lipinski definition) is 2. The van der Waals surface area contributed by atoms with Crippen LogP contribution in [0.15, 0.2) is 24.3 Å². The third kappa shape index (κ3) is 5.23. The van der Waals surface area contributed by atoms with Gasteiger partial charge in [0.15, 0.2) is 0 Å². The number of piperidine rings is 1. The molecule has 2 atom stereocenters. The second-order valence-electron chi connectivity index (χ2n) is 6.28. The highest BCUT2D eigenvalue weighted by molar-refractivity contribution is 5.87. The predicted octanol–water partition coefficient (Wildman–Crippen LogP) is 1.97. The Balaban J connectivity index is 1.91. The van der Waals surface area contributed by atoms with Crippen molar-refractivity contribution in [2.75, 3.05) is 6.54 Å². The third-order valence-electron chi connectivity index (χ3n) is 4.08. The molecule has 1 aliphatic rings. The Hall–Kier alpha value is -2.11. The SMILES string of the molecule is CC(C)[C@@H](Cc1ccc(F)cc1)NC(=O)N[C@@H]1CCCNC1=O. The number of carbonyl (C=O) groups excluding carboxylic acids is 2. The van der Waals surface area contributed by atoms with Crippen LogP contribution in [-0.2, 0) is 11.2 Å². The summed E-state index contributed by atoms with van der Waals surface area (Å²) < 4.78 is 13.0. The number of amides is 3. The molecular formula is C17H24FN3O2. The van der Waals surface area contributed by atoms with Crippen LogP contribution in [0.5, 0.6) is 0 Å². The molecule has 3 N–H and O–H groups in total. The lowest BCUT2D eigenvalue weighted by molar-refractivity contribution is -0.124. The first-order valence-corrected chi connectivity index (χ1v) is 8.05. The Morgan fingerprint density at radius 3 is 2.65 bits per heavy atom. The van der Waals surface area contributed by atoms with Crippen LogP contribution in [0.3, 0.4) is 0 Å². The van der Waals surface area contributed by atoms with Crippen LogP contribution in [0.25, 0.3) is 0 Å². The number of carbonyl (C=O) groups is 2. The zero-order valence-electron chi connectivity index (χ0n) is 13.6. The Morgan fingerprint density at radius 1 is 1.35 bits per heavy atom. The number of urea groups is 1. The molecule has 1 heterocycles. The van der Waals surface area contributed by atoms with Crippen molar-refractivity contribution in [2.24, 2.45) is 5.92 Å². The van der Waals surface area contributed by atoms with Gasteiger partial charge in [-0.05, 0) is 42.9 Å². The summed E-state index contributed by atoms with van der Waals surface area (Å²) in [5, 5.41) is 8.39. The molecule has 0 unspecified atom stereocenters. The first-order chi connectivity index (χ1) is 11.0. The monoisotopic (exact) mass is 321 g/mol. The Kier molecular flexibility index (Phi) is 5.96. The second kappa shape index (κ2) is 7.94. The summed E-state index contributed by atoms with van der Waals surface area (Å²) >= 11 is 0. The normalized spacial score (nSPS) is 19.1. The standard InChI is InChI=1S/C17H24FN3O2/c1-11(2)15(10-12-5-7-13(18)8-6-12)21-17(23)20-14-4-3-9-19-16(14)22/h5-8,11,14-15H,3-4,9-10H2,1-2H3,(H,19,22)(H2,20,21,23)/t14-,15-/m1/s1. The van der Waals surface area contributed by atoms with Gasteiger partial charge in [-0.2, -0.15) is 0 Å². The van der Waals surface area contributed by atoms with Crippen molar-refractivity contribution in [1.82, 2.24) is 16.0 Å². The largest absolute Gasteiger partial charge is 0.354 e.